The van der Waals surface area contributed by atoms with Crippen molar-refractivity contribution in [2.45, 2.75) is 39.3 Å². The zero-order valence-corrected chi connectivity index (χ0v) is 21.1. The fourth-order valence-corrected chi connectivity index (χ4v) is 5.33. The van der Waals surface area contributed by atoms with Gasteiger partial charge in [0.15, 0.2) is 5.82 Å². The van der Waals surface area contributed by atoms with Crippen molar-refractivity contribution in [3.63, 3.8) is 0 Å². The van der Waals surface area contributed by atoms with Gasteiger partial charge in [0.1, 0.15) is 28.7 Å². The molecule has 6 rings (SSSR count). The maximum atomic E-state index is 6.12. The second-order valence-electron chi connectivity index (χ2n) is 9.25. The van der Waals surface area contributed by atoms with Gasteiger partial charge in [-0.25, -0.2) is 4.52 Å². The molecule has 180 valence electrons. The molecule has 5 aromatic rings. The van der Waals surface area contributed by atoms with Crippen LogP contribution in [0, 0.1) is 6.92 Å². The SMILES string of the molecule is Cc1ccc(NC(=S)c2c(-c3ccccc3)c3c4n(c(COc5ccccc5)nn24)CCCC3)cc1. The fraction of sp³-hybridized carbons (Fsp3) is 0.200. The zero-order valence-electron chi connectivity index (χ0n) is 20.3. The Morgan fingerprint density at radius 3 is 2.42 bits per heavy atom. The molecule has 6 heteroatoms. The number of aryl methyl sites for hydroxylation is 3. The minimum Gasteiger partial charge on any atom is -0.486 e. The number of hydrogen-bond donors (Lipinski definition) is 1. The number of nitrogens with one attached hydrogen (secondary N) is 1. The molecule has 0 fully saturated rings. The minimum absolute atomic E-state index is 0.406. The summed E-state index contributed by atoms with van der Waals surface area (Å²) >= 11 is 6.05. The van der Waals surface area contributed by atoms with Gasteiger partial charge in [-0.05, 0) is 56.0 Å². The Labute approximate surface area is 216 Å². The van der Waals surface area contributed by atoms with Crippen LogP contribution in [0.2, 0.25) is 0 Å². The molecule has 2 aromatic heterocycles. The summed E-state index contributed by atoms with van der Waals surface area (Å²) in [5.74, 6) is 1.75. The van der Waals surface area contributed by atoms with Crippen LogP contribution >= 0.6 is 12.2 Å². The predicted octanol–water partition coefficient (Wildman–Crippen LogP) is 6.81. The van der Waals surface area contributed by atoms with E-state index in [-0.39, 0.29) is 0 Å². The second kappa shape index (κ2) is 9.63. The summed E-state index contributed by atoms with van der Waals surface area (Å²) in [7, 11) is 0. The van der Waals surface area contributed by atoms with E-state index in [0.29, 0.717) is 11.6 Å². The van der Waals surface area contributed by atoms with Gasteiger partial charge in [0.2, 0.25) is 0 Å². The summed E-state index contributed by atoms with van der Waals surface area (Å²) in [5, 5.41) is 8.57. The van der Waals surface area contributed by atoms with Crippen LogP contribution < -0.4 is 10.1 Å². The lowest BCUT2D eigenvalue weighted by molar-refractivity contribution is 0.288. The standard InChI is InChI=1S/C30H28N4OS/c1-21-15-17-23(18-16-21)31-29(36)28-27(22-10-4-2-5-11-22)25-14-8-9-19-33-26(32-34(28)30(25)33)20-35-24-12-6-3-7-13-24/h2-7,10-13,15-18H,8-9,14,19-20H2,1H3,(H,31,36). The van der Waals surface area contributed by atoms with Gasteiger partial charge in [-0.2, -0.15) is 0 Å². The van der Waals surface area contributed by atoms with Crippen molar-refractivity contribution in [1.29, 1.82) is 0 Å². The summed E-state index contributed by atoms with van der Waals surface area (Å²) in [6.45, 7) is 3.41. The van der Waals surface area contributed by atoms with E-state index in [4.69, 9.17) is 22.1 Å². The van der Waals surface area contributed by atoms with E-state index in [1.54, 1.807) is 0 Å². The Kier molecular flexibility index (Phi) is 6.03. The predicted molar refractivity (Wildman–Crippen MR) is 149 cm³/mol. The first-order valence-electron chi connectivity index (χ1n) is 12.4. The smallest absolute Gasteiger partial charge is 0.169 e. The highest BCUT2D eigenvalue weighted by Gasteiger charge is 2.29. The van der Waals surface area contributed by atoms with E-state index in [0.717, 1.165) is 60.0 Å². The number of anilines is 1. The monoisotopic (exact) mass is 492 g/mol. The highest BCUT2D eigenvalue weighted by molar-refractivity contribution is 7.81. The van der Waals surface area contributed by atoms with E-state index >= 15 is 0 Å². The number of nitrogens with zero attached hydrogens (tertiary/aromatic N) is 3. The summed E-state index contributed by atoms with van der Waals surface area (Å²) in [4.78, 5) is 0.666. The number of aromatic nitrogens is 3. The van der Waals surface area contributed by atoms with Crippen molar-refractivity contribution < 1.29 is 4.74 Å². The molecule has 0 saturated carbocycles. The van der Waals surface area contributed by atoms with Crippen molar-refractivity contribution in [3.05, 3.63) is 108 Å². The highest BCUT2D eigenvalue weighted by Crippen LogP contribution is 2.37. The second-order valence-corrected chi connectivity index (χ2v) is 9.66. The zero-order chi connectivity index (χ0) is 24.5. The van der Waals surface area contributed by atoms with Gasteiger partial charge in [0.25, 0.3) is 0 Å². The van der Waals surface area contributed by atoms with Crippen molar-refractivity contribution in [1.82, 2.24) is 14.2 Å². The van der Waals surface area contributed by atoms with E-state index in [1.807, 2.05) is 30.3 Å². The molecule has 3 aromatic carbocycles. The molecule has 0 amide bonds. The van der Waals surface area contributed by atoms with Crippen LogP contribution in [-0.2, 0) is 19.6 Å². The van der Waals surface area contributed by atoms with Gasteiger partial charge < -0.3 is 14.6 Å². The van der Waals surface area contributed by atoms with Crippen LogP contribution in [0.25, 0.3) is 16.8 Å². The van der Waals surface area contributed by atoms with Crippen molar-refractivity contribution in [3.8, 4) is 16.9 Å². The Morgan fingerprint density at radius 2 is 1.67 bits per heavy atom. The van der Waals surface area contributed by atoms with Crippen LogP contribution in [0.3, 0.4) is 0 Å². The molecular formula is C30H28N4OS. The molecule has 1 aliphatic heterocycles. The minimum atomic E-state index is 0.406. The summed E-state index contributed by atoms with van der Waals surface area (Å²) < 4.78 is 10.5. The first-order valence-corrected chi connectivity index (χ1v) is 12.8. The highest BCUT2D eigenvalue weighted by atomic mass is 32.1. The van der Waals surface area contributed by atoms with E-state index in [1.165, 1.54) is 16.7 Å². The molecule has 0 bridgehead atoms. The topological polar surface area (TPSA) is 43.5 Å². The van der Waals surface area contributed by atoms with E-state index in [9.17, 15) is 0 Å². The number of benzene rings is 3. The molecule has 1 N–H and O–H groups in total. The van der Waals surface area contributed by atoms with Crippen molar-refractivity contribution >= 4 is 28.5 Å². The Morgan fingerprint density at radius 1 is 0.944 bits per heavy atom. The maximum absolute atomic E-state index is 6.12. The van der Waals surface area contributed by atoms with Crippen molar-refractivity contribution in [2.24, 2.45) is 0 Å². The van der Waals surface area contributed by atoms with Crippen LogP contribution in [0.4, 0.5) is 5.69 Å². The number of ether oxygens (including phenoxy) is 1. The summed E-state index contributed by atoms with van der Waals surface area (Å²) in [6.07, 6.45) is 3.22. The normalized spacial score (nSPS) is 12.9. The van der Waals surface area contributed by atoms with Crippen molar-refractivity contribution in [2.75, 3.05) is 5.32 Å². The molecule has 0 atom stereocenters. The molecule has 0 aliphatic carbocycles. The van der Waals surface area contributed by atoms with E-state index < -0.39 is 0 Å². The van der Waals surface area contributed by atoms with Gasteiger partial charge in [0, 0.05) is 23.4 Å². The van der Waals surface area contributed by atoms with Gasteiger partial charge in [0.05, 0.1) is 0 Å². The number of rotatable bonds is 6. The first-order chi connectivity index (χ1) is 17.7. The Balaban J connectivity index is 1.49. The number of hydrogen-bond acceptors (Lipinski definition) is 3. The molecule has 36 heavy (non-hydrogen) atoms. The third-order valence-corrected chi connectivity index (χ3v) is 7.06. The van der Waals surface area contributed by atoms with Crippen LogP contribution in [-0.4, -0.2) is 19.2 Å². The van der Waals surface area contributed by atoms with Gasteiger partial charge in [-0.3, -0.25) is 0 Å². The van der Waals surface area contributed by atoms with Gasteiger partial charge in [-0.15, -0.1) is 5.10 Å². The molecule has 5 nitrogen and oxygen atoms in total. The molecular weight excluding hydrogens is 464 g/mol. The van der Waals surface area contributed by atoms with Crippen LogP contribution in [0.5, 0.6) is 5.75 Å². The average molecular weight is 493 g/mol. The summed E-state index contributed by atoms with van der Waals surface area (Å²) in [6, 6.07) is 28.8. The molecule has 0 saturated heterocycles. The molecule has 0 radical (unpaired) electrons. The third kappa shape index (κ3) is 4.18. The third-order valence-electron chi connectivity index (χ3n) is 6.76. The maximum Gasteiger partial charge on any atom is 0.169 e. The lowest BCUT2D eigenvalue weighted by atomic mass is 9.98. The first kappa shape index (κ1) is 22.6. The fourth-order valence-electron chi connectivity index (χ4n) is 5.03. The molecule has 0 spiro atoms. The molecule has 3 heterocycles. The van der Waals surface area contributed by atoms with Crippen LogP contribution in [0.1, 0.15) is 35.5 Å². The number of thiocarbonyl (C=S) groups is 1. The quantitative estimate of drug-likeness (QED) is 0.264. The van der Waals surface area contributed by atoms with Gasteiger partial charge >= 0.3 is 0 Å². The number of para-hydroxylation sites is 1. The Hall–Kier alpha value is -3.90. The molecule has 1 aliphatic rings. The van der Waals surface area contributed by atoms with Crippen LogP contribution in [0.15, 0.2) is 84.9 Å². The van der Waals surface area contributed by atoms with E-state index in [2.05, 4.69) is 75.9 Å². The summed E-state index contributed by atoms with van der Waals surface area (Å²) in [5.41, 5.74) is 7.89. The lowest BCUT2D eigenvalue weighted by Crippen LogP contribution is -2.15. The molecule has 0 unspecified atom stereocenters. The van der Waals surface area contributed by atoms with Gasteiger partial charge in [-0.1, -0.05) is 78.4 Å². The average Bonchev–Trinajstić information content (AvgIpc) is 3.31. The Bertz CT molecular complexity index is 1520. The lowest BCUT2D eigenvalue weighted by Gasteiger charge is -2.12. The largest absolute Gasteiger partial charge is 0.486 e.